The summed E-state index contributed by atoms with van der Waals surface area (Å²) in [6, 6.07) is 13.0. The molecule has 0 aliphatic heterocycles. The van der Waals surface area contributed by atoms with Crippen LogP contribution < -0.4 is 5.32 Å². The minimum Gasteiger partial charge on any atom is -0.367 e. The number of nitrogens with zero attached hydrogens (tertiary/aromatic N) is 2. The highest BCUT2D eigenvalue weighted by Gasteiger charge is 2.14. The van der Waals surface area contributed by atoms with Crippen molar-refractivity contribution in [3.8, 4) is 11.3 Å². The molecule has 1 aromatic carbocycles. The van der Waals surface area contributed by atoms with Gasteiger partial charge in [0, 0.05) is 17.7 Å². The molecule has 0 spiro atoms. The highest BCUT2D eigenvalue weighted by molar-refractivity contribution is 7.99. The maximum atomic E-state index is 4.72. The average Bonchev–Trinajstić information content (AvgIpc) is 2.84. The van der Waals surface area contributed by atoms with Gasteiger partial charge in [0.25, 0.3) is 0 Å². The summed E-state index contributed by atoms with van der Waals surface area (Å²) in [5.74, 6) is 1.96. The molecule has 1 fully saturated rings. The molecule has 1 heterocycles. The zero-order valence-electron chi connectivity index (χ0n) is 13.8. The molecule has 122 valence electrons. The molecule has 0 bridgehead atoms. The topological polar surface area (TPSA) is 37.8 Å². The number of hydrogen-bond acceptors (Lipinski definition) is 4. The highest BCUT2D eigenvalue weighted by Crippen LogP contribution is 2.26. The van der Waals surface area contributed by atoms with Crippen molar-refractivity contribution in [3.63, 3.8) is 0 Å². The second-order valence-corrected chi connectivity index (χ2v) is 7.28. The molecule has 3 rings (SSSR count). The van der Waals surface area contributed by atoms with Crippen LogP contribution in [0.2, 0.25) is 0 Å². The summed E-state index contributed by atoms with van der Waals surface area (Å²) in [7, 11) is 0. The van der Waals surface area contributed by atoms with Crippen LogP contribution in [0.25, 0.3) is 11.3 Å². The van der Waals surface area contributed by atoms with Gasteiger partial charge < -0.3 is 5.32 Å². The van der Waals surface area contributed by atoms with Gasteiger partial charge in [-0.2, -0.15) is 0 Å². The summed E-state index contributed by atoms with van der Waals surface area (Å²) in [6.45, 7) is 2.14. The predicted molar refractivity (Wildman–Crippen MR) is 99.0 cm³/mol. The van der Waals surface area contributed by atoms with Crippen LogP contribution in [0.4, 0.5) is 5.82 Å². The van der Waals surface area contributed by atoms with E-state index in [9.17, 15) is 0 Å². The fraction of sp³-hybridized carbons (Fsp3) is 0.474. The quantitative estimate of drug-likeness (QED) is 0.454. The van der Waals surface area contributed by atoms with Gasteiger partial charge in [0.05, 0.1) is 5.69 Å². The summed E-state index contributed by atoms with van der Waals surface area (Å²) in [4.78, 5) is 9.43. The van der Waals surface area contributed by atoms with Crippen molar-refractivity contribution in [2.45, 2.75) is 56.6 Å². The first-order valence-electron chi connectivity index (χ1n) is 8.69. The molecule has 4 heteroatoms. The number of rotatable bonds is 5. The predicted octanol–water partition coefficient (Wildman–Crippen LogP) is 5.39. The van der Waals surface area contributed by atoms with E-state index in [2.05, 4.69) is 42.6 Å². The Bertz CT molecular complexity index is 607. The van der Waals surface area contributed by atoms with Crippen LogP contribution in [0, 0.1) is 0 Å². The average molecular weight is 327 g/mol. The van der Waals surface area contributed by atoms with E-state index in [1.165, 1.54) is 38.5 Å². The molecule has 1 saturated carbocycles. The normalized spacial score (nSPS) is 16.0. The fourth-order valence-corrected chi connectivity index (χ4v) is 3.67. The smallest absolute Gasteiger partial charge is 0.190 e. The molecule has 23 heavy (non-hydrogen) atoms. The third-order valence-electron chi connectivity index (χ3n) is 4.26. The third-order valence-corrected chi connectivity index (χ3v) is 4.99. The van der Waals surface area contributed by atoms with E-state index in [0.29, 0.717) is 6.04 Å². The van der Waals surface area contributed by atoms with Crippen molar-refractivity contribution in [2.24, 2.45) is 0 Å². The first kappa shape index (κ1) is 16.3. The van der Waals surface area contributed by atoms with E-state index >= 15 is 0 Å². The van der Waals surface area contributed by atoms with E-state index in [1.807, 2.05) is 6.07 Å². The third kappa shape index (κ3) is 4.71. The lowest BCUT2D eigenvalue weighted by Gasteiger charge is -2.18. The Morgan fingerprint density at radius 3 is 2.48 bits per heavy atom. The largest absolute Gasteiger partial charge is 0.367 e. The Morgan fingerprint density at radius 1 is 1.04 bits per heavy atom. The number of hydrogen-bond donors (Lipinski definition) is 1. The van der Waals surface area contributed by atoms with E-state index in [1.54, 1.807) is 11.8 Å². The van der Waals surface area contributed by atoms with Crippen LogP contribution >= 0.6 is 11.8 Å². The number of thioether (sulfide) groups is 1. The number of anilines is 1. The van der Waals surface area contributed by atoms with Crippen LogP contribution in [0.1, 0.15) is 45.4 Å². The summed E-state index contributed by atoms with van der Waals surface area (Å²) in [5.41, 5.74) is 2.16. The number of benzene rings is 1. The molecule has 1 aromatic heterocycles. The summed E-state index contributed by atoms with van der Waals surface area (Å²) in [6.07, 6.45) is 7.89. The molecular weight excluding hydrogens is 302 g/mol. The minimum atomic E-state index is 0.551. The molecule has 0 amide bonds. The van der Waals surface area contributed by atoms with Crippen LogP contribution in [-0.4, -0.2) is 21.8 Å². The molecule has 0 saturated heterocycles. The van der Waals surface area contributed by atoms with E-state index in [4.69, 9.17) is 9.97 Å². The lowest BCUT2D eigenvalue weighted by molar-refractivity contribution is 0.616. The van der Waals surface area contributed by atoms with Crippen LogP contribution in [0.15, 0.2) is 41.6 Å². The highest BCUT2D eigenvalue weighted by atomic mass is 32.2. The number of aromatic nitrogens is 2. The van der Waals surface area contributed by atoms with Crippen molar-refractivity contribution in [1.29, 1.82) is 0 Å². The summed E-state index contributed by atoms with van der Waals surface area (Å²) >= 11 is 1.70. The Morgan fingerprint density at radius 2 is 1.78 bits per heavy atom. The maximum absolute atomic E-state index is 4.72. The van der Waals surface area contributed by atoms with Crippen molar-refractivity contribution < 1.29 is 0 Å². The lowest BCUT2D eigenvalue weighted by Crippen LogP contribution is -2.19. The Hall–Kier alpha value is -1.55. The van der Waals surface area contributed by atoms with Gasteiger partial charge >= 0.3 is 0 Å². The Labute approximate surface area is 143 Å². The first-order chi connectivity index (χ1) is 11.3. The minimum absolute atomic E-state index is 0.551. The van der Waals surface area contributed by atoms with Gasteiger partial charge in [-0.1, -0.05) is 74.7 Å². The van der Waals surface area contributed by atoms with E-state index < -0.39 is 0 Å². The number of nitrogens with one attached hydrogen (secondary N) is 1. The van der Waals surface area contributed by atoms with Crippen molar-refractivity contribution in [1.82, 2.24) is 9.97 Å². The van der Waals surface area contributed by atoms with Gasteiger partial charge in [0.15, 0.2) is 5.16 Å². The molecule has 3 nitrogen and oxygen atoms in total. The second kappa shape index (κ2) is 8.34. The standard InChI is InChI=1S/C19H25N3S/c1-2-23-19-21-17(15-10-6-5-7-11-15)14-18(22-19)20-16-12-8-3-4-9-13-16/h5-7,10-11,14,16H,2-4,8-9,12-13H2,1H3,(H,20,21,22). The fourth-order valence-electron chi connectivity index (χ4n) is 3.08. The molecule has 1 N–H and O–H groups in total. The van der Waals surface area contributed by atoms with Crippen LogP contribution in [0.3, 0.4) is 0 Å². The zero-order chi connectivity index (χ0) is 15.9. The van der Waals surface area contributed by atoms with Gasteiger partial charge in [0.1, 0.15) is 5.82 Å². The molecule has 1 aliphatic carbocycles. The van der Waals surface area contributed by atoms with Gasteiger partial charge in [-0.05, 0) is 18.6 Å². The van der Waals surface area contributed by atoms with Crippen molar-refractivity contribution in [2.75, 3.05) is 11.1 Å². The SMILES string of the molecule is CCSc1nc(NC2CCCCCC2)cc(-c2ccccc2)n1. The molecular formula is C19H25N3S. The molecule has 0 unspecified atom stereocenters. The lowest BCUT2D eigenvalue weighted by atomic mass is 10.1. The first-order valence-corrected chi connectivity index (χ1v) is 9.67. The maximum Gasteiger partial charge on any atom is 0.190 e. The summed E-state index contributed by atoms with van der Waals surface area (Å²) < 4.78 is 0. The van der Waals surface area contributed by atoms with E-state index in [0.717, 1.165) is 28.0 Å². The molecule has 0 radical (unpaired) electrons. The van der Waals surface area contributed by atoms with Crippen LogP contribution in [-0.2, 0) is 0 Å². The van der Waals surface area contributed by atoms with Gasteiger partial charge in [-0.3, -0.25) is 0 Å². The Balaban J connectivity index is 1.84. The molecule has 0 atom stereocenters. The Kier molecular flexibility index (Phi) is 5.92. The zero-order valence-corrected chi connectivity index (χ0v) is 14.6. The van der Waals surface area contributed by atoms with Gasteiger partial charge in [0.2, 0.25) is 0 Å². The molecule has 2 aromatic rings. The van der Waals surface area contributed by atoms with Crippen LogP contribution in [0.5, 0.6) is 0 Å². The van der Waals surface area contributed by atoms with Gasteiger partial charge in [-0.25, -0.2) is 9.97 Å². The molecule has 1 aliphatic rings. The van der Waals surface area contributed by atoms with E-state index in [-0.39, 0.29) is 0 Å². The van der Waals surface area contributed by atoms with Crippen molar-refractivity contribution >= 4 is 17.6 Å². The monoisotopic (exact) mass is 327 g/mol. The van der Waals surface area contributed by atoms with Gasteiger partial charge in [-0.15, -0.1) is 0 Å². The second-order valence-electron chi connectivity index (χ2n) is 6.05. The van der Waals surface area contributed by atoms with Crippen molar-refractivity contribution in [3.05, 3.63) is 36.4 Å². The summed E-state index contributed by atoms with van der Waals surface area (Å²) in [5, 5.41) is 4.53.